The molecular weight excluding hydrogens is 851 g/mol. The number of benzene rings is 13. The largest absolute Gasteiger partial charge is 0.375 e. The third kappa shape index (κ3) is 5.05. The van der Waals surface area contributed by atoms with Crippen molar-refractivity contribution in [2.45, 2.75) is 0 Å². The molecule has 16 rings (SSSR count). The van der Waals surface area contributed by atoms with E-state index < -0.39 is 0 Å². The van der Waals surface area contributed by atoms with Gasteiger partial charge in [-0.3, -0.25) is 0 Å². The van der Waals surface area contributed by atoms with Gasteiger partial charge in [0.2, 0.25) is 0 Å². The molecule has 1 aromatic heterocycles. The van der Waals surface area contributed by atoms with E-state index in [1.54, 1.807) is 0 Å². The molecule has 0 aliphatic carbocycles. The predicted molar refractivity (Wildman–Crippen MR) is 302 cm³/mol. The van der Waals surface area contributed by atoms with E-state index in [-0.39, 0.29) is 6.85 Å². The Bertz CT molecular complexity index is 4650. The molecule has 4 heteroatoms. The van der Waals surface area contributed by atoms with Crippen molar-refractivity contribution < 1.29 is 0 Å². The Morgan fingerprint density at radius 1 is 0.391 bits per heavy atom. The maximum absolute atomic E-state index is 4.44. The zero-order valence-corrected chi connectivity index (χ0v) is 38.3. The quantitative estimate of drug-likeness (QED) is 0.0743. The second-order valence-corrected chi connectivity index (χ2v) is 19.9. The maximum atomic E-state index is 4.44. The monoisotopic (exact) mass is 888 g/mol. The van der Waals surface area contributed by atoms with Crippen molar-refractivity contribution in [2.75, 3.05) is 4.90 Å². The molecule has 2 aliphatic heterocycles. The standard InChI is InChI=1S/C65H38BN2P/c1-69-46-30-42(38-15-3-2-4-16-38)29-45(37-46)67-59-36-44-33-55-53-26-14-12-24-51(53)50-23-11-13-25-52(50)54(55)32-43(44)34-57(59)66-64-60(67)35-41-19-7-9-21-48(41)61(64)56-31-40-18-6-10-22-49(40)63-62-47-20-8-5-17-39(47)27-28-58(62)68(66)65(56)63/h2-37H,1H2. The first-order valence-electron chi connectivity index (χ1n) is 23.9. The number of fused-ring (bicyclic) bond motifs is 20. The van der Waals surface area contributed by atoms with Gasteiger partial charge in [-0.2, -0.15) is 0 Å². The van der Waals surface area contributed by atoms with Crippen molar-refractivity contribution in [2.24, 2.45) is 0 Å². The van der Waals surface area contributed by atoms with Crippen molar-refractivity contribution in [1.82, 2.24) is 4.48 Å². The molecule has 316 valence electrons. The number of anilines is 3. The van der Waals surface area contributed by atoms with Crippen molar-refractivity contribution in [3.63, 3.8) is 0 Å². The van der Waals surface area contributed by atoms with Crippen LogP contribution >= 0.6 is 8.20 Å². The van der Waals surface area contributed by atoms with E-state index in [4.69, 9.17) is 0 Å². The van der Waals surface area contributed by atoms with E-state index in [9.17, 15) is 0 Å². The summed E-state index contributed by atoms with van der Waals surface area (Å²) in [6, 6.07) is 82.6. The first kappa shape index (κ1) is 37.6. The van der Waals surface area contributed by atoms with Crippen LogP contribution in [0.1, 0.15) is 0 Å². The zero-order chi connectivity index (χ0) is 45.1. The first-order chi connectivity index (χ1) is 34.2. The lowest BCUT2D eigenvalue weighted by Gasteiger charge is -2.41. The second kappa shape index (κ2) is 13.8. The second-order valence-electron chi connectivity index (χ2n) is 19.1. The summed E-state index contributed by atoms with van der Waals surface area (Å²) >= 11 is 0. The van der Waals surface area contributed by atoms with Crippen LogP contribution in [0.15, 0.2) is 218 Å². The number of hydrogen-bond donors (Lipinski definition) is 0. The van der Waals surface area contributed by atoms with Gasteiger partial charge >= 0.3 is 6.85 Å². The average Bonchev–Trinajstić information content (AvgIpc) is 3.77. The highest BCUT2D eigenvalue weighted by Crippen LogP contribution is 2.51. The Morgan fingerprint density at radius 3 is 1.65 bits per heavy atom. The fraction of sp³-hybridized carbons (Fsp3) is 0. The highest BCUT2D eigenvalue weighted by molar-refractivity contribution is 7.45. The molecule has 2 aliphatic rings. The Hall–Kier alpha value is -8.49. The van der Waals surface area contributed by atoms with E-state index in [0.717, 1.165) is 13.9 Å². The minimum Gasteiger partial charge on any atom is -0.375 e. The van der Waals surface area contributed by atoms with Gasteiger partial charge in [0, 0.05) is 49.7 Å². The summed E-state index contributed by atoms with van der Waals surface area (Å²) < 4.78 is 2.74. The highest BCUT2D eigenvalue weighted by atomic mass is 31.1. The van der Waals surface area contributed by atoms with E-state index in [1.807, 2.05) is 0 Å². The lowest BCUT2D eigenvalue weighted by atomic mass is 9.44. The van der Waals surface area contributed by atoms with Crippen molar-refractivity contribution in [3.8, 4) is 22.3 Å². The number of aromatic nitrogens is 1. The SMILES string of the molecule is C=Pc1cc(-c2ccccc2)cc(N2c3cc4cc5c6ccccc6c6ccccc6c5cc4cc3B3c4c2cc2ccccc2c4-c2cc4ccccc4c4c5c6ccccc6ccc5n3c24)c1. The average molecular weight is 889 g/mol. The Labute approximate surface area is 399 Å². The van der Waals surface area contributed by atoms with Crippen LogP contribution in [-0.2, 0) is 0 Å². The smallest absolute Gasteiger partial charge is 0.333 e. The van der Waals surface area contributed by atoms with Crippen molar-refractivity contribution in [3.05, 3.63) is 218 Å². The fourth-order valence-electron chi connectivity index (χ4n) is 12.8. The Balaban J connectivity index is 1.12. The van der Waals surface area contributed by atoms with Crippen LogP contribution in [-0.4, -0.2) is 17.6 Å². The van der Waals surface area contributed by atoms with Crippen LogP contribution in [0.3, 0.4) is 0 Å². The van der Waals surface area contributed by atoms with Crippen LogP contribution in [0.5, 0.6) is 0 Å². The van der Waals surface area contributed by atoms with Crippen LogP contribution < -0.4 is 21.1 Å². The fourth-order valence-corrected chi connectivity index (χ4v) is 13.3. The third-order valence-corrected chi connectivity index (χ3v) is 16.2. The Morgan fingerprint density at radius 2 is 0.957 bits per heavy atom. The molecule has 0 bridgehead atoms. The van der Waals surface area contributed by atoms with Gasteiger partial charge in [-0.05, 0) is 158 Å². The predicted octanol–water partition coefficient (Wildman–Crippen LogP) is 16.0. The topological polar surface area (TPSA) is 8.17 Å². The third-order valence-electron chi connectivity index (χ3n) is 15.6. The molecule has 3 heterocycles. The molecule has 0 amide bonds. The molecule has 0 spiro atoms. The molecule has 0 radical (unpaired) electrons. The molecule has 69 heavy (non-hydrogen) atoms. The lowest BCUT2D eigenvalue weighted by molar-refractivity contribution is 1.27. The molecule has 0 unspecified atom stereocenters. The van der Waals surface area contributed by atoms with Crippen LogP contribution in [0.25, 0.3) is 119 Å². The summed E-state index contributed by atoms with van der Waals surface area (Å²) in [5.41, 5.74) is 13.7. The molecule has 2 nitrogen and oxygen atoms in total. The van der Waals surface area contributed by atoms with Gasteiger partial charge in [-0.25, -0.2) is 0 Å². The van der Waals surface area contributed by atoms with Gasteiger partial charge in [0.15, 0.2) is 0 Å². The van der Waals surface area contributed by atoms with Crippen molar-refractivity contribution >= 4 is 152 Å². The molecule has 14 aromatic rings. The van der Waals surface area contributed by atoms with Gasteiger partial charge in [0.1, 0.15) is 0 Å². The minimum atomic E-state index is -0.128. The summed E-state index contributed by atoms with van der Waals surface area (Å²) in [4.78, 5) is 2.60. The van der Waals surface area contributed by atoms with Crippen LogP contribution in [0, 0.1) is 0 Å². The number of rotatable bonds is 3. The molecule has 0 saturated carbocycles. The number of nitrogens with zero attached hydrogens (tertiary/aromatic N) is 2. The van der Waals surface area contributed by atoms with E-state index in [0.29, 0.717) is 0 Å². The minimum absolute atomic E-state index is 0.128. The normalized spacial score (nSPS) is 13.0. The summed E-state index contributed by atoms with van der Waals surface area (Å²) in [5.74, 6) is 0. The lowest BCUT2D eigenvalue weighted by Crippen LogP contribution is -2.56. The van der Waals surface area contributed by atoms with Gasteiger partial charge in [-0.1, -0.05) is 178 Å². The zero-order valence-electron chi connectivity index (χ0n) is 37.4. The van der Waals surface area contributed by atoms with E-state index >= 15 is 0 Å². The Kier molecular flexibility index (Phi) is 7.52. The maximum Gasteiger partial charge on any atom is 0.333 e. The molecule has 0 fully saturated rings. The molecule has 0 N–H and O–H groups in total. The van der Waals surface area contributed by atoms with Crippen LogP contribution in [0.2, 0.25) is 0 Å². The van der Waals surface area contributed by atoms with Gasteiger partial charge in [0.05, 0.1) is 0 Å². The first-order valence-corrected chi connectivity index (χ1v) is 25.0. The molecule has 0 atom stereocenters. The van der Waals surface area contributed by atoms with Crippen LogP contribution in [0.4, 0.5) is 17.1 Å². The number of hydrogen-bond acceptors (Lipinski definition) is 1. The highest BCUT2D eigenvalue weighted by Gasteiger charge is 2.44. The molecular formula is C65H38BN2P. The van der Waals surface area contributed by atoms with Gasteiger partial charge in [-0.15, -0.1) is 0 Å². The summed E-state index contributed by atoms with van der Waals surface area (Å²) in [7, 11) is 0.972. The van der Waals surface area contributed by atoms with E-state index in [2.05, 4.69) is 234 Å². The molecule has 13 aromatic carbocycles. The molecule has 0 saturated heterocycles. The van der Waals surface area contributed by atoms with Gasteiger partial charge in [0.25, 0.3) is 0 Å². The summed E-state index contributed by atoms with van der Waals surface area (Å²) in [5, 5.41) is 21.6. The summed E-state index contributed by atoms with van der Waals surface area (Å²) in [6.45, 7) is -0.128. The van der Waals surface area contributed by atoms with Crippen molar-refractivity contribution in [1.29, 1.82) is 0 Å². The van der Waals surface area contributed by atoms with E-state index in [1.165, 1.54) is 147 Å². The summed E-state index contributed by atoms with van der Waals surface area (Å²) in [6.07, 6.45) is 4.44. The van der Waals surface area contributed by atoms with Gasteiger partial charge < -0.3 is 9.38 Å².